The number of rotatable bonds is 1. The van der Waals surface area contributed by atoms with Gasteiger partial charge in [0.2, 0.25) is 0 Å². The van der Waals surface area contributed by atoms with Crippen molar-refractivity contribution in [2.75, 3.05) is 19.8 Å². The zero-order valence-corrected chi connectivity index (χ0v) is 7.96. The minimum absolute atomic E-state index is 0.158. The van der Waals surface area contributed by atoms with Crippen LogP contribution in [0.2, 0.25) is 0 Å². The van der Waals surface area contributed by atoms with E-state index in [9.17, 15) is 8.78 Å². The molecule has 5 heteroatoms. The third-order valence-electron chi connectivity index (χ3n) is 2.38. The summed E-state index contributed by atoms with van der Waals surface area (Å²) in [5.74, 6) is -2.13. The van der Waals surface area contributed by atoms with Crippen molar-refractivity contribution in [3.63, 3.8) is 0 Å². The fourth-order valence-corrected chi connectivity index (χ4v) is 1.63. The largest absolute Gasteiger partial charge is 0.505 e. The van der Waals surface area contributed by atoms with Crippen LogP contribution in [0.3, 0.4) is 0 Å². The maximum Gasteiger partial charge on any atom is 0.172 e. The van der Waals surface area contributed by atoms with E-state index in [0.29, 0.717) is 13.2 Å². The van der Waals surface area contributed by atoms with Crippen molar-refractivity contribution in [3.05, 3.63) is 29.3 Å². The molecule has 1 aromatic rings. The standard InChI is InChI=1S/C10H11F2NO2/c11-6-1-2-8(14)10(12)9(6)7-5-15-4-3-13-7/h1-2,7,13-14H,3-5H2. The van der Waals surface area contributed by atoms with Gasteiger partial charge in [-0.15, -0.1) is 0 Å². The third kappa shape index (κ3) is 1.93. The third-order valence-corrected chi connectivity index (χ3v) is 2.38. The summed E-state index contributed by atoms with van der Waals surface area (Å²) in [4.78, 5) is 0. The van der Waals surface area contributed by atoms with Gasteiger partial charge in [0.05, 0.1) is 19.3 Å². The van der Waals surface area contributed by atoms with Crippen LogP contribution in [0, 0.1) is 11.6 Å². The van der Waals surface area contributed by atoms with Crippen LogP contribution in [0.1, 0.15) is 11.6 Å². The molecule has 1 aliphatic rings. The molecule has 82 valence electrons. The number of aromatic hydroxyl groups is 1. The van der Waals surface area contributed by atoms with Gasteiger partial charge in [0.25, 0.3) is 0 Å². The number of hydrogen-bond donors (Lipinski definition) is 2. The maximum absolute atomic E-state index is 13.5. The van der Waals surface area contributed by atoms with Crippen molar-refractivity contribution in [3.8, 4) is 5.75 Å². The molecule has 1 atom stereocenters. The summed E-state index contributed by atoms with van der Waals surface area (Å²) < 4.78 is 31.9. The molecule has 0 aromatic heterocycles. The van der Waals surface area contributed by atoms with Crippen LogP contribution in [0.4, 0.5) is 8.78 Å². The summed E-state index contributed by atoms with van der Waals surface area (Å²) in [7, 11) is 0. The van der Waals surface area contributed by atoms with E-state index in [2.05, 4.69) is 5.32 Å². The summed E-state index contributed by atoms with van der Waals surface area (Å²) in [5, 5.41) is 12.1. The predicted molar refractivity (Wildman–Crippen MR) is 49.6 cm³/mol. The van der Waals surface area contributed by atoms with Crippen LogP contribution >= 0.6 is 0 Å². The lowest BCUT2D eigenvalue weighted by molar-refractivity contribution is 0.0743. The van der Waals surface area contributed by atoms with Crippen LogP contribution in [0.15, 0.2) is 12.1 Å². The molecule has 1 fully saturated rings. The maximum atomic E-state index is 13.5. The molecular formula is C10H11F2NO2. The van der Waals surface area contributed by atoms with Gasteiger partial charge in [-0.3, -0.25) is 0 Å². The monoisotopic (exact) mass is 215 g/mol. The molecule has 0 amide bonds. The highest BCUT2D eigenvalue weighted by atomic mass is 19.1. The normalized spacial score (nSPS) is 21.6. The van der Waals surface area contributed by atoms with Crippen LogP contribution < -0.4 is 5.32 Å². The summed E-state index contributed by atoms with van der Waals surface area (Å²) >= 11 is 0. The predicted octanol–water partition coefficient (Wildman–Crippen LogP) is 1.33. The van der Waals surface area contributed by atoms with Gasteiger partial charge in [0.1, 0.15) is 5.82 Å². The first kappa shape index (κ1) is 10.3. The zero-order chi connectivity index (χ0) is 10.8. The van der Waals surface area contributed by atoms with Gasteiger partial charge in [-0.05, 0) is 12.1 Å². The number of benzene rings is 1. The van der Waals surface area contributed by atoms with E-state index >= 15 is 0 Å². The molecule has 0 radical (unpaired) electrons. The summed E-state index contributed by atoms with van der Waals surface area (Å²) in [5.41, 5.74) is -0.158. The number of hydrogen-bond acceptors (Lipinski definition) is 3. The lowest BCUT2D eigenvalue weighted by atomic mass is 10.0. The lowest BCUT2D eigenvalue weighted by Gasteiger charge is -2.24. The van der Waals surface area contributed by atoms with E-state index in [-0.39, 0.29) is 12.2 Å². The fourth-order valence-electron chi connectivity index (χ4n) is 1.63. The molecule has 1 saturated heterocycles. The Bertz CT molecular complexity index is 365. The first-order valence-electron chi connectivity index (χ1n) is 4.68. The number of ether oxygens (including phenoxy) is 1. The number of phenolic OH excluding ortho intramolecular Hbond substituents is 1. The van der Waals surface area contributed by atoms with Gasteiger partial charge in [-0.1, -0.05) is 0 Å². The van der Waals surface area contributed by atoms with E-state index in [1.165, 1.54) is 0 Å². The molecule has 15 heavy (non-hydrogen) atoms. The number of phenols is 1. The molecule has 1 heterocycles. The molecule has 1 aliphatic heterocycles. The highest BCUT2D eigenvalue weighted by molar-refractivity contribution is 5.33. The summed E-state index contributed by atoms with van der Waals surface area (Å²) in [6.07, 6.45) is 0. The van der Waals surface area contributed by atoms with E-state index < -0.39 is 23.4 Å². The molecular weight excluding hydrogens is 204 g/mol. The quantitative estimate of drug-likeness (QED) is 0.742. The zero-order valence-electron chi connectivity index (χ0n) is 7.96. The Balaban J connectivity index is 2.36. The van der Waals surface area contributed by atoms with E-state index in [1.54, 1.807) is 0 Å². The van der Waals surface area contributed by atoms with Gasteiger partial charge in [0, 0.05) is 12.1 Å². The number of morpholine rings is 1. The summed E-state index contributed by atoms with van der Waals surface area (Å²) in [6.45, 7) is 1.27. The second kappa shape index (κ2) is 4.12. The highest BCUT2D eigenvalue weighted by Crippen LogP contribution is 2.28. The molecule has 0 aliphatic carbocycles. The lowest BCUT2D eigenvalue weighted by Crippen LogP contribution is -2.35. The first-order chi connectivity index (χ1) is 7.20. The van der Waals surface area contributed by atoms with Gasteiger partial charge in [-0.2, -0.15) is 0 Å². The average molecular weight is 215 g/mol. The minimum atomic E-state index is -0.919. The smallest absolute Gasteiger partial charge is 0.172 e. The molecule has 0 saturated carbocycles. The van der Waals surface area contributed by atoms with E-state index in [4.69, 9.17) is 9.84 Å². The Kier molecular flexibility index (Phi) is 2.83. The van der Waals surface area contributed by atoms with Crippen LogP contribution in [0.5, 0.6) is 5.75 Å². The average Bonchev–Trinajstić information content (AvgIpc) is 2.26. The second-order valence-electron chi connectivity index (χ2n) is 3.38. The van der Waals surface area contributed by atoms with Crippen LogP contribution in [-0.2, 0) is 4.74 Å². The van der Waals surface area contributed by atoms with Crippen molar-refractivity contribution in [1.29, 1.82) is 0 Å². The van der Waals surface area contributed by atoms with E-state index in [0.717, 1.165) is 12.1 Å². The Hall–Kier alpha value is -1.20. The van der Waals surface area contributed by atoms with Crippen molar-refractivity contribution in [2.24, 2.45) is 0 Å². The molecule has 0 bridgehead atoms. The Morgan fingerprint density at radius 3 is 2.87 bits per heavy atom. The van der Waals surface area contributed by atoms with E-state index in [1.807, 2.05) is 0 Å². The molecule has 2 rings (SSSR count). The molecule has 0 spiro atoms. The van der Waals surface area contributed by atoms with Crippen molar-refractivity contribution in [2.45, 2.75) is 6.04 Å². The van der Waals surface area contributed by atoms with Crippen molar-refractivity contribution >= 4 is 0 Å². The number of nitrogens with one attached hydrogen (secondary N) is 1. The van der Waals surface area contributed by atoms with Gasteiger partial charge in [-0.25, -0.2) is 8.78 Å². The highest BCUT2D eigenvalue weighted by Gasteiger charge is 2.24. The molecule has 1 aromatic carbocycles. The van der Waals surface area contributed by atoms with Gasteiger partial charge >= 0.3 is 0 Å². The number of halogens is 2. The summed E-state index contributed by atoms with van der Waals surface area (Å²) in [6, 6.07) is 1.51. The molecule has 1 unspecified atom stereocenters. The Morgan fingerprint density at radius 1 is 1.40 bits per heavy atom. The minimum Gasteiger partial charge on any atom is -0.505 e. The van der Waals surface area contributed by atoms with Crippen molar-refractivity contribution < 1.29 is 18.6 Å². The van der Waals surface area contributed by atoms with Crippen LogP contribution in [-0.4, -0.2) is 24.9 Å². The topological polar surface area (TPSA) is 41.5 Å². The second-order valence-corrected chi connectivity index (χ2v) is 3.38. The van der Waals surface area contributed by atoms with Gasteiger partial charge < -0.3 is 15.2 Å². The molecule has 2 N–H and O–H groups in total. The SMILES string of the molecule is Oc1ccc(F)c(C2COCCN2)c1F. The van der Waals surface area contributed by atoms with Crippen molar-refractivity contribution in [1.82, 2.24) is 5.32 Å². The van der Waals surface area contributed by atoms with Crippen LogP contribution in [0.25, 0.3) is 0 Å². The fraction of sp³-hybridized carbons (Fsp3) is 0.400. The van der Waals surface area contributed by atoms with Gasteiger partial charge in [0.15, 0.2) is 11.6 Å². The first-order valence-corrected chi connectivity index (χ1v) is 4.68. The Morgan fingerprint density at radius 2 is 2.20 bits per heavy atom. The Labute approximate surface area is 85.7 Å². The molecule has 3 nitrogen and oxygen atoms in total.